The largest absolute Gasteiger partial charge is 0.478 e. The predicted octanol–water partition coefficient (Wildman–Crippen LogP) is 5.54. The van der Waals surface area contributed by atoms with Crippen molar-refractivity contribution >= 4 is 30.9 Å². The highest BCUT2D eigenvalue weighted by atomic mass is 79.9. The van der Waals surface area contributed by atoms with Gasteiger partial charge in [-0.3, -0.25) is 0 Å². The van der Waals surface area contributed by atoms with E-state index in [0.717, 1.165) is 11.7 Å². The molecule has 1 N–H and O–H groups in total. The summed E-state index contributed by atoms with van der Waals surface area (Å²) in [5.74, 6) is -0.826. The minimum atomic E-state index is -0.826. The van der Waals surface area contributed by atoms with Gasteiger partial charge in [-0.2, -0.15) is 0 Å². The van der Waals surface area contributed by atoms with Crippen molar-refractivity contribution in [1.82, 2.24) is 0 Å². The van der Waals surface area contributed by atoms with Gasteiger partial charge in [0.15, 0.2) is 0 Å². The topological polar surface area (TPSA) is 37.3 Å². The van der Waals surface area contributed by atoms with E-state index in [1.807, 2.05) is 12.1 Å². The first kappa shape index (κ1) is 19.6. The minimum absolute atomic E-state index is 0. The van der Waals surface area contributed by atoms with Crippen LogP contribution in [0.3, 0.4) is 0 Å². The molecule has 0 heterocycles. The van der Waals surface area contributed by atoms with Gasteiger partial charge >= 0.3 is 5.97 Å². The smallest absolute Gasteiger partial charge is 0.335 e. The van der Waals surface area contributed by atoms with Crippen LogP contribution in [-0.4, -0.2) is 21.4 Å². The Morgan fingerprint density at radius 2 is 1.50 bits per heavy atom. The summed E-state index contributed by atoms with van der Waals surface area (Å²) in [5.41, 5.74) is 1.41. The number of aromatic carboxylic acids is 1. The van der Waals surface area contributed by atoms with Crippen LogP contribution in [0.25, 0.3) is 0 Å². The lowest BCUT2D eigenvalue weighted by Gasteiger charge is -2.42. The fourth-order valence-corrected chi connectivity index (χ4v) is 6.10. The zero-order valence-electron chi connectivity index (χ0n) is 13.2. The van der Waals surface area contributed by atoms with Gasteiger partial charge < -0.3 is 5.11 Å². The van der Waals surface area contributed by atoms with E-state index >= 15 is 0 Å². The average molecular weight is 361 g/mol. The Balaban J connectivity index is 0.00000361. The average Bonchev–Trinajstić information content (AvgIpc) is 2.23. The van der Waals surface area contributed by atoms with Crippen LogP contribution in [0.4, 0.5) is 0 Å². The molecule has 2 nitrogen and oxygen atoms in total. The van der Waals surface area contributed by atoms with E-state index in [1.54, 1.807) is 12.1 Å². The van der Waals surface area contributed by atoms with Gasteiger partial charge in [0, 0.05) is 0 Å². The van der Waals surface area contributed by atoms with E-state index in [9.17, 15) is 9.90 Å². The Kier molecular flexibility index (Phi) is 6.90. The van der Waals surface area contributed by atoms with Crippen molar-refractivity contribution < 1.29 is 9.90 Å². The highest BCUT2D eigenvalue weighted by Crippen LogP contribution is 2.61. The first-order valence-corrected chi connectivity index (χ1v) is 8.15. The van der Waals surface area contributed by atoms with Gasteiger partial charge in [-0.15, -0.1) is 17.0 Å². The molecule has 0 aromatic heterocycles. The predicted molar refractivity (Wildman–Crippen MR) is 93.9 cm³/mol. The van der Waals surface area contributed by atoms with Gasteiger partial charge in [0.2, 0.25) is 0 Å². The molecule has 0 aliphatic carbocycles. The molecule has 1 rings (SSSR count). The summed E-state index contributed by atoms with van der Waals surface area (Å²) >= 11 is 0. The summed E-state index contributed by atoms with van der Waals surface area (Å²) in [6.45, 7) is 13.5. The Labute approximate surface area is 134 Å². The third kappa shape index (κ3) is 5.18. The summed E-state index contributed by atoms with van der Waals surface area (Å²) < 4.78 is 0. The van der Waals surface area contributed by atoms with Crippen LogP contribution in [0.15, 0.2) is 24.3 Å². The van der Waals surface area contributed by atoms with Gasteiger partial charge in [-0.25, -0.2) is 4.79 Å². The third-order valence-electron chi connectivity index (χ3n) is 3.20. The highest BCUT2D eigenvalue weighted by Gasteiger charge is 2.34. The van der Waals surface area contributed by atoms with Crippen LogP contribution >= 0.6 is 24.9 Å². The molecule has 1 aromatic rings. The van der Waals surface area contributed by atoms with Crippen molar-refractivity contribution in [3.8, 4) is 0 Å². The number of benzene rings is 1. The fraction of sp³-hybridized carbons (Fsp3) is 0.562. The lowest BCUT2D eigenvalue weighted by Crippen LogP contribution is -2.26. The molecule has 0 spiro atoms. The number of hydrogen-bond donors (Lipinski definition) is 1. The zero-order valence-corrected chi connectivity index (χ0v) is 15.8. The first-order valence-electron chi connectivity index (χ1n) is 6.62. The molecule has 0 bridgehead atoms. The number of carboxylic acids is 1. The van der Waals surface area contributed by atoms with Gasteiger partial charge in [0.1, 0.15) is 0 Å². The van der Waals surface area contributed by atoms with Crippen molar-refractivity contribution in [1.29, 1.82) is 0 Å². The number of rotatable bonds is 3. The van der Waals surface area contributed by atoms with Gasteiger partial charge in [0.05, 0.1) is 5.56 Å². The fourth-order valence-electron chi connectivity index (χ4n) is 2.52. The molecular formula is C16H26BrO2P. The lowest BCUT2D eigenvalue weighted by atomic mass is 10.1. The van der Waals surface area contributed by atoms with Crippen LogP contribution in [-0.2, 0) is 6.16 Å². The summed E-state index contributed by atoms with van der Waals surface area (Å²) in [7, 11) is -0.323. The van der Waals surface area contributed by atoms with Gasteiger partial charge in [0.25, 0.3) is 0 Å². The molecule has 0 radical (unpaired) electrons. The molecule has 0 atom stereocenters. The SMILES string of the molecule is Br.CC(C)(C)P(Cc1ccccc1C(=O)O)C(C)(C)C. The molecule has 0 saturated heterocycles. The van der Waals surface area contributed by atoms with Crippen molar-refractivity contribution in [2.75, 3.05) is 0 Å². The molecule has 114 valence electrons. The molecule has 0 amide bonds. The first-order chi connectivity index (χ1) is 8.53. The van der Waals surface area contributed by atoms with Crippen molar-refractivity contribution in [2.45, 2.75) is 58.0 Å². The third-order valence-corrected chi connectivity index (χ3v) is 7.09. The van der Waals surface area contributed by atoms with E-state index < -0.39 is 5.97 Å². The lowest BCUT2D eigenvalue weighted by molar-refractivity contribution is 0.0696. The van der Waals surface area contributed by atoms with E-state index in [-0.39, 0.29) is 35.2 Å². The van der Waals surface area contributed by atoms with Crippen molar-refractivity contribution in [3.05, 3.63) is 35.4 Å². The van der Waals surface area contributed by atoms with Crippen LogP contribution in [0.5, 0.6) is 0 Å². The van der Waals surface area contributed by atoms with Crippen molar-refractivity contribution in [3.63, 3.8) is 0 Å². The second-order valence-electron chi connectivity index (χ2n) is 6.89. The molecule has 0 unspecified atom stereocenters. The molecule has 0 aliphatic rings. The van der Waals surface area contributed by atoms with Crippen LogP contribution < -0.4 is 0 Å². The maximum atomic E-state index is 11.3. The van der Waals surface area contributed by atoms with Gasteiger partial charge in [-0.05, 0) is 28.1 Å². The molecule has 0 saturated carbocycles. The second kappa shape index (κ2) is 7.04. The Hall–Kier alpha value is -0.400. The van der Waals surface area contributed by atoms with E-state index in [1.165, 1.54) is 0 Å². The maximum Gasteiger partial charge on any atom is 0.335 e. The Morgan fingerprint density at radius 1 is 1.05 bits per heavy atom. The molecular weight excluding hydrogens is 335 g/mol. The molecule has 0 fully saturated rings. The number of halogens is 1. The summed E-state index contributed by atoms with van der Waals surface area (Å²) in [6.07, 6.45) is 0.866. The summed E-state index contributed by atoms with van der Waals surface area (Å²) in [6, 6.07) is 7.39. The molecule has 4 heteroatoms. The zero-order chi connectivity index (χ0) is 14.8. The maximum absolute atomic E-state index is 11.3. The molecule has 20 heavy (non-hydrogen) atoms. The number of carbonyl (C=O) groups is 1. The number of hydrogen-bond acceptors (Lipinski definition) is 1. The number of carboxylic acid groups (broad SMARTS) is 1. The van der Waals surface area contributed by atoms with E-state index in [2.05, 4.69) is 41.5 Å². The van der Waals surface area contributed by atoms with Crippen LogP contribution in [0.1, 0.15) is 57.5 Å². The normalized spacial score (nSPS) is 12.2. The minimum Gasteiger partial charge on any atom is -0.478 e. The monoisotopic (exact) mass is 360 g/mol. The van der Waals surface area contributed by atoms with E-state index in [0.29, 0.717) is 5.56 Å². The highest BCUT2D eigenvalue weighted by molar-refractivity contribution is 8.93. The summed E-state index contributed by atoms with van der Waals surface area (Å²) in [5, 5.41) is 9.71. The van der Waals surface area contributed by atoms with Gasteiger partial charge in [-0.1, -0.05) is 67.7 Å². The summed E-state index contributed by atoms with van der Waals surface area (Å²) in [4.78, 5) is 11.3. The standard InChI is InChI=1S/C16H25O2P.BrH/c1-15(2,3)19(16(4,5)6)11-12-9-7-8-10-13(12)14(17)18;/h7-10H,11H2,1-6H3,(H,17,18);1H. The van der Waals surface area contributed by atoms with Crippen molar-refractivity contribution in [2.24, 2.45) is 0 Å². The second-order valence-corrected chi connectivity index (χ2v) is 10.7. The van der Waals surface area contributed by atoms with Crippen LogP contribution in [0, 0.1) is 0 Å². The van der Waals surface area contributed by atoms with E-state index in [4.69, 9.17) is 0 Å². The quantitative estimate of drug-likeness (QED) is 0.718. The van der Waals surface area contributed by atoms with Crippen LogP contribution in [0.2, 0.25) is 0 Å². The molecule has 0 aliphatic heterocycles. The molecule has 1 aromatic carbocycles. The Morgan fingerprint density at radius 3 is 1.90 bits per heavy atom. The Bertz CT molecular complexity index is 444.